The number of anilines is 3. The van der Waals surface area contributed by atoms with E-state index in [0.29, 0.717) is 0 Å². The molecule has 0 saturated heterocycles. The summed E-state index contributed by atoms with van der Waals surface area (Å²) in [5.74, 6) is 0. The molecule has 15 rings (SSSR count). The third kappa shape index (κ3) is 5.62. The topological polar surface area (TPSA) is 12.6 Å². The Morgan fingerprint density at radius 3 is 1.14 bits per heavy atom. The molecule has 0 spiro atoms. The lowest BCUT2D eigenvalue weighted by Crippen LogP contribution is -2.10. The summed E-state index contributed by atoms with van der Waals surface area (Å²) in [4.78, 5) is 2.38. The molecule has 0 fully saturated rings. The van der Waals surface area contributed by atoms with Crippen molar-refractivity contribution in [2.75, 3.05) is 4.90 Å². The van der Waals surface area contributed by atoms with Crippen molar-refractivity contribution in [1.82, 2.24) is 8.97 Å². The highest BCUT2D eigenvalue weighted by atomic mass is 15.1. The molecule has 0 N–H and O–H groups in total. The molecule has 69 heavy (non-hydrogen) atoms. The van der Waals surface area contributed by atoms with Crippen LogP contribution in [0.1, 0.15) is 0 Å². The van der Waals surface area contributed by atoms with Gasteiger partial charge in [-0.2, -0.15) is 0 Å². The first kappa shape index (κ1) is 38.0. The molecule has 0 unspecified atom stereocenters. The Bertz CT molecular complexity index is 4430. The minimum atomic E-state index is 1.09. The molecular formula is C66H41N3. The van der Waals surface area contributed by atoms with Crippen LogP contribution in [0, 0.1) is 0 Å². The van der Waals surface area contributed by atoms with Gasteiger partial charge < -0.3 is 13.9 Å². The third-order valence-electron chi connectivity index (χ3n) is 14.8. The van der Waals surface area contributed by atoms with Gasteiger partial charge in [-0.15, -0.1) is 0 Å². The molecule has 0 bridgehead atoms. The van der Waals surface area contributed by atoms with Crippen LogP contribution in [-0.4, -0.2) is 8.97 Å². The second kappa shape index (κ2) is 14.7. The summed E-state index contributed by atoms with van der Waals surface area (Å²) in [5.41, 5.74) is 15.4. The van der Waals surface area contributed by atoms with E-state index >= 15 is 0 Å². The van der Waals surface area contributed by atoms with Crippen LogP contribution in [0.25, 0.3) is 120 Å². The number of rotatable bonds is 6. The van der Waals surface area contributed by atoms with Crippen molar-refractivity contribution in [3.05, 3.63) is 249 Å². The number of hydrogen-bond donors (Lipinski definition) is 0. The number of hydrogen-bond acceptors (Lipinski definition) is 1. The molecule has 0 aliphatic heterocycles. The van der Waals surface area contributed by atoms with E-state index in [1.54, 1.807) is 0 Å². The van der Waals surface area contributed by atoms with Gasteiger partial charge in [0.15, 0.2) is 0 Å². The van der Waals surface area contributed by atoms with Gasteiger partial charge in [-0.25, -0.2) is 0 Å². The van der Waals surface area contributed by atoms with Crippen molar-refractivity contribution in [3.63, 3.8) is 0 Å². The summed E-state index contributed by atoms with van der Waals surface area (Å²) in [7, 11) is 0. The van der Waals surface area contributed by atoms with Crippen LogP contribution in [0.4, 0.5) is 17.1 Å². The fourth-order valence-corrected chi connectivity index (χ4v) is 11.7. The average molecular weight is 876 g/mol. The summed E-state index contributed by atoms with van der Waals surface area (Å²) in [5, 5.41) is 15.4. The van der Waals surface area contributed by atoms with Crippen LogP contribution in [0.15, 0.2) is 249 Å². The third-order valence-corrected chi connectivity index (χ3v) is 14.8. The van der Waals surface area contributed by atoms with E-state index in [2.05, 4.69) is 263 Å². The number of benzene rings is 12. The zero-order chi connectivity index (χ0) is 45.2. The molecular weight excluding hydrogens is 835 g/mol. The van der Waals surface area contributed by atoms with Gasteiger partial charge in [0.2, 0.25) is 0 Å². The van der Waals surface area contributed by atoms with E-state index in [4.69, 9.17) is 0 Å². The smallest absolute Gasteiger partial charge is 0.0620 e. The number of fused-ring (bicyclic) bond motifs is 15. The molecule has 3 nitrogen and oxygen atoms in total. The Morgan fingerprint density at radius 2 is 0.594 bits per heavy atom. The van der Waals surface area contributed by atoms with Crippen LogP contribution in [0.5, 0.6) is 0 Å². The number of para-hydroxylation sites is 4. The van der Waals surface area contributed by atoms with E-state index < -0.39 is 0 Å². The molecule has 0 saturated carbocycles. The van der Waals surface area contributed by atoms with Gasteiger partial charge in [0.1, 0.15) is 0 Å². The molecule has 0 aliphatic rings. The minimum Gasteiger partial charge on any atom is -0.311 e. The molecule has 3 heterocycles. The van der Waals surface area contributed by atoms with Gasteiger partial charge in [0.25, 0.3) is 0 Å². The van der Waals surface area contributed by atoms with E-state index in [0.717, 1.165) is 22.7 Å². The SMILES string of the molecule is c1ccc2c(c1)c1ccccc1c1cc(-c3ccc(N(c4ccc(-c5ccc6c(c5)c5cccc7c8ccccc8n6c75)cc4)c4ccc(-n5c6ccccc6c6ccccc65)cc4)cc3)ccc21. The van der Waals surface area contributed by atoms with Crippen LogP contribution >= 0.6 is 0 Å². The molecule has 0 amide bonds. The largest absolute Gasteiger partial charge is 0.311 e. The molecule has 15 aromatic rings. The second-order valence-corrected chi connectivity index (χ2v) is 18.5. The van der Waals surface area contributed by atoms with Gasteiger partial charge in [-0.05, 0) is 140 Å². The van der Waals surface area contributed by atoms with Crippen LogP contribution < -0.4 is 4.90 Å². The average Bonchev–Trinajstić information content (AvgIpc) is 4.07. The van der Waals surface area contributed by atoms with Crippen LogP contribution in [0.3, 0.4) is 0 Å². The van der Waals surface area contributed by atoms with Gasteiger partial charge >= 0.3 is 0 Å². The maximum absolute atomic E-state index is 2.45. The lowest BCUT2D eigenvalue weighted by Gasteiger charge is -2.26. The van der Waals surface area contributed by atoms with Crippen molar-refractivity contribution in [2.24, 2.45) is 0 Å². The monoisotopic (exact) mass is 875 g/mol. The second-order valence-electron chi connectivity index (χ2n) is 18.5. The summed E-state index contributed by atoms with van der Waals surface area (Å²) < 4.78 is 4.83. The fourth-order valence-electron chi connectivity index (χ4n) is 11.7. The minimum absolute atomic E-state index is 1.09. The Morgan fingerprint density at radius 1 is 0.232 bits per heavy atom. The zero-order valence-electron chi connectivity index (χ0n) is 37.5. The lowest BCUT2D eigenvalue weighted by atomic mass is 9.92. The number of nitrogens with zero attached hydrogens (tertiary/aromatic N) is 3. The molecule has 3 aromatic heterocycles. The van der Waals surface area contributed by atoms with Crippen molar-refractivity contribution in [2.45, 2.75) is 0 Å². The molecule has 3 heteroatoms. The van der Waals surface area contributed by atoms with Crippen molar-refractivity contribution in [1.29, 1.82) is 0 Å². The molecule has 12 aromatic carbocycles. The Labute approximate surface area is 397 Å². The van der Waals surface area contributed by atoms with Gasteiger partial charge in [0, 0.05) is 55.1 Å². The standard InChI is InChI=1S/C66H41N3/c1-2-14-52-50(12-1)51-13-3-4-15-53(51)60-40-44(28-38-54(52)60)42-24-30-46(31-25-42)67(48-34-36-49(37-35-48)68-62-21-8-5-16-55(62)56-17-6-9-22-63(56)68)47-32-26-43(27-33-47)45-29-39-65-61(41-45)59-20-11-19-58-57-18-7-10-23-64(57)69(65)66(58)59/h1-41H. The van der Waals surface area contributed by atoms with Gasteiger partial charge in [-0.3, -0.25) is 0 Å². The quantitative estimate of drug-likeness (QED) is 0.152. The molecule has 320 valence electrons. The van der Waals surface area contributed by atoms with Crippen molar-refractivity contribution >= 4 is 109 Å². The zero-order valence-corrected chi connectivity index (χ0v) is 37.5. The van der Waals surface area contributed by atoms with E-state index in [1.807, 2.05) is 0 Å². The molecule has 0 atom stereocenters. The normalized spacial score (nSPS) is 12.1. The molecule has 0 radical (unpaired) electrons. The maximum atomic E-state index is 2.45. The van der Waals surface area contributed by atoms with Crippen molar-refractivity contribution < 1.29 is 0 Å². The highest BCUT2D eigenvalue weighted by molar-refractivity contribution is 6.26. The van der Waals surface area contributed by atoms with Crippen LogP contribution in [0.2, 0.25) is 0 Å². The maximum Gasteiger partial charge on any atom is 0.0620 e. The highest BCUT2D eigenvalue weighted by Crippen LogP contribution is 2.43. The first-order chi connectivity index (χ1) is 34.2. The van der Waals surface area contributed by atoms with E-state index in [-0.39, 0.29) is 0 Å². The number of aromatic nitrogens is 2. The summed E-state index contributed by atoms with van der Waals surface area (Å²) in [6.45, 7) is 0. The fraction of sp³-hybridized carbons (Fsp3) is 0. The Balaban J connectivity index is 0.838. The Hall–Kier alpha value is -9.18. The summed E-state index contributed by atoms with van der Waals surface area (Å²) >= 11 is 0. The predicted octanol–water partition coefficient (Wildman–Crippen LogP) is 18.2. The predicted molar refractivity (Wildman–Crippen MR) is 294 cm³/mol. The highest BCUT2D eigenvalue weighted by Gasteiger charge is 2.19. The molecule has 0 aliphatic carbocycles. The van der Waals surface area contributed by atoms with E-state index in [9.17, 15) is 0 Å². The van der Waals surface area contributed by atoms with Crippen molar-refractivity contribution in [3.8, 4) is 27.9 Å². The Kier molecular flexibility index (Phi) is 8.07. The summed E-state index contributed by atoms with van der Waals surface area (Å²) in [6.07, 6.45) is 0. The first-order valence-electron chi connectivity index (χ1n) is 23.8. The van der Waals surface area contributed by atoms with Gasteiger partial charge in [-0.1, -0.05) is 164 Å². The summed E-state index contributed by atoms with van der Waals surface area (Å²) in [6, 6.07) is 91.7. The van der Waals surface area contributed by atoms with E-state index in [1.165, 1.54) is 114 Å². The van der Waals surface area contributed by atoms with Gasteiger partial charge in [0.05, 0.1) is 27.6 Å². The lowest BCUT2D eigenvalue weighted by molar-refractivity contribution is 1.17. The van der Waals surface area contributed by atoms with Crippen LogP contribution in [-0.2, 0) is 0 Å². The first-order valence-corrected chi connectivity index (χ1v) is 23.8.